The predicted octanol–water partition coefficient (Wildman–Crippen LogP) is 3.00. The molecule has 0 saturated carbocycles. The zero-order chi connectivity index (χ0) is 14.5. The molecule has 0 aliphatic heterocycles. The van der Waals surface area contributed by atoms with Gasteiger partial charge in [-0.25, -0.2) is 0 Å². The molecule has 0 amide bonds. The number of rotatable bonds is 6. The number of ether oxygens (including phenoxy) is 1. The molecule has 0 heterocycles. The van der Waals surface area contributed by atoms with Gasteiger partial charge in [-0.15, -0.1) is 0 Å². The highest BCUT2D eigenvalue weighted by molar-refractivity contribution is 7.85. The van der Waals surface area contributed by atoms with Gasteiger partial charge in [0.25, 0.3) is 0 Å². The van der Waals surface area contributed by atoms with Gasteiger partial charge in [0.2, 0.25) is 0 Å². The number of hydrogen-bond acceptors (Lipinski definition) is 3. The Kier molecular flexibility index (Phi) is 6.09. The van der Waals surface area contributed by atoms with Crippen LogP contribution in [0.4, 0.5) is 18.9 Å². The minimum atomic E-state index is -4.33. The third-order valence-corrected chi connectivity index (χ3v) is 3.89. The number of nitrogen functional groups attached to an aromatic ring is 1. The summed E-state index contributed by atoms with van der Waals surface area (Å²) in [6.07, 6.45) is -4.06. The number of anilines is 1. The van der Waals surface area contributed by atoms with Crippen molar-refractivity contribution < 1.29 is 22.1 Å². The Hall–Kier alpha value is -0.790. The van der Waals surface area contributed by atoms with Gasteiger partial charge in [-0.1, -0.05) is 11.6 Å². The number of hydrogen-bond donors (Lipinski definition) is 1. The molecular weight excluding hydrogens is 303 g/mol. The standard InChI is InChI=1S/C11H13ClF3NO2S/c12-9-6-8(2-3-10(9)16)19(17)5-1-4-18-7-11(13,14)15/h2-3,6H,1,4-5,7,16H2. The van der Waals surface area contributed by atoms with E-state index in [-0.39, 0.29) is 18.8 Å². The topological polar surface area (TPSA) is 52.3 Å². The zero-order valence-electron chi connectivity index (χ0n) is 9.87. The van der Waals surface area contributed by atoms with Gasteiger partial charge in [0.1, 0.15) is 6.61 Å². The van der Waals surface area contributed by atoms with Gasteiger partial charge in [-0.05, 0) is 24.6 Å². The van der Waals surface area contributed by atoms with E-state index in [0.717, 1.165) is 0 Å². The maximum atomic E-state index is 11.8. The third-order valence-electron chi connectivity index (χ3n) is 2.12. The normalized spacial score (nSPS) is 13.5. The van der Waals surface area contributed by atoms with Gasteiger partial charge in [0, 0.05) is 17.3 Å². The van der Waals surface area contributed by atoms with Crippen LogP contribution in [0.3, 0.4) is 0 Å². The molecule has 1 unspecified atom stereocenters. The zero-order valence-corrected chi connectivity index (χ0v) is 11.4. The van der Waals surface area contributed by atoms with Crippen molar-refractivity contribution in [2.45, 2.75) is 17.5 Å². The van der Waals surface area contributed by atoms with Crippen molar-refractivity contribution in [2.24, 2.45) is 0 Å². The molecule has 0 fully saturated rings. The molecule has 19 heavy (non-hydrogen) atoms. The number of alkyl halides is 3. The molecule has 108 valence electrons. The van der Waals surface area contributed by atoms with Crippen LogP contribution in [0, 0.1) is 0 Å². The average molecular weight is 316 g/mol. The lowest BCUT2D eigenvalue weighted by atomic mass is 10.3. The van der Waals surface area contributed by atoms with Crippen molar-refractivity contribution in [3.8, 4) is 0 Å². The van der Waals surface area contributed by atoms with E-state index in [4.69, 9.17) is 17.3 Å². The second-order valence-electron chi connectivity index (χ2n) is 3.75. The van der Waals surface area contributed by atoms with E-state index < -0.39 is 23.6 Å². The van der Waals surface area contributed by atoms with Crippen molar-refractivity contribution in [3.63, 3.8) is 0 Å². The van der Waals surface area contributed by atoms with Crippen LogP contribution in [0.2, 0.25) is 5.02 Å². The summed E-state index contributed by atoms with van der Waals surface area (Å²) >= 11 is 5.78. The molecule has 3 nitrogen and oxygen atoms in total. The number of benzene rings is 1. The van der Waals surface area contributed by atoms with E-state index >= 15 is 0 Å². The van der Waals surface area contributed by atoms with Crippen molar-refractivity contribution in [2.75, 3.05) is 24.7 Å². The molecule has 0 aromatic heterocycles. The summed E-state index contributed by atoms with van der Waals surface area (Å²) in [6.45, 7) is -1.37. The van der Waals surface area contributed by atoms with Crippen LogP contribution in [-0.4, -0.2) is 29.4 Å². The summed E-state index contributed by atoms with van der Waals surface area (Å²) in [5, 5.41) is 0.305. The molecule has 8 heteroatoms. The highest BCUT2D eigenvalue weighted by Crippen LogP contribution is 2.22. The van der Waals surface area contributed by atoms with E-state index in [1.165, 1.54) is 12.1 Å². The predicted molar refractivity (Wildman–Crippen MR) is 68.6 cm³/mol. The Morgan fingerprint density at radius 1 is 1.37 bits per heavy atom. The molecule has 1 aromatic carbocycles. The minimum absolute atomic E-state index is 0.0893. The van der Waals surface area contributed by atoms with Crippen LogP contribution in [0.25, 0.3) is 0 Å². The Bertz CT molecular complexity index is 454. The van der Waals surface area contributed by atoms with Crippen LogP contribution < -0.4 is 5.73 Å². The lowest BCUT2D eigenvalue weighted by Crippen LogP contribution is -2.17. The first-order valence-corrected chi connectivity index (χ1v) is 7.07. The molecule has 1 aromatic rings. The van der Waals surface area contributed by atoms with Gasteiger partial charge in [-0.3, -0.25) is 4.21 Å². The first-order chi connectivity index (χ1) is 8.79. The molecule has 0 aliphatic rings. The SMILES string of the molecule is Nc1ccc(S(=O)CCCOCC(F)(F)F)cc1Cl. The molecule has 1 rings (SSSR count). The second-order valence-corrected chi connectivity index (χ2v) is 5.73. The van der Waals surface area contributed by atoms with Crippen molar-refractivity contribution in [1.29, 1.82) is 0 Å². The van der Waals surface area contributed by atoms with Gasteiger partial charge in [0.15, 0.2) is 0 Å². The summed E-state index contributed by atoms with van der Waals surface area (Å²) < 4.78 is 51.6. The first-order valence-electron chi connectivity index (χ1n) is 5.37. The van der Waals surface area contributed by atoms with E-state index in [1.54, 1.807) is 6.07 Å². The van der Waals surface area contributed by atoms with Crippen LogP contribution in [0.1, 0.15) is 6.42 Å². The average Bonchev–Trinajstić information content (AvgIpc) is 2.30. The quantitative estimate of drug-likeness (QED) is 0.648. The van der Waals surface area contributed by atoms with E-state index in [1.807, 2.05) is 0 Å². The molecule has 0 saturated heterocycles. The van der Waals surface area contributed by atoms with Crippen molar-refractivity contribution in [1.82, 2.24) is 0 Å². The number of halogens is 4. The van der Waals surface area contributed by atoms with Crippen LogP contribution in [-0.2, 0) is 15.5 Å². The van der Waals surface area contributed by atoms with Gasteiger partial charge >= 0.3 is 6.18 Å². The summed E-state index contributed by atoms with van der Waals surface area (Å²) in [5.41, 5.74) is 5.90. The van der Waals surface area contributed by atoms with E-state index in [2.05, 4.69) is 4.74 Å². The summed E-state index contributed by atoms with van der Waals surface area (Å²) in [4.78, 5) is 0.495. The molecule has 0 aliphatic carbocycles. The van der Waals surface area contributed by atoms with Crippen LogP contribution in [0.15, 0.2) is 23.1 Å². The second kappa shape index (κ2) is 7.12. The smallest absolute Gasteiger partial charge is 0.398 e. The fraction of sp³-hybridized carbons (Fsp3) is 0.455. The highest BCUT2D eigenvalue weighted by atomic mass is 35.5. The van der Waals surface area contributed by atoms with E-state index in [0.29, 0.717) is 15.6 Å². The molecule has 1 atom stereocenters. The first kappa shape index (κ1) is 16.3. The third kappa shape index (κ3) is 6.26. The maximum Gasteiger partial charge on any atom is 0.411 e. The van der Waals surface area contributed by atoms with Crippen molar-refractivity contribution >= 4 is 28.1 Å². The molecule has 2 N–H and O–H groups in total. The monoisotopic (exact) mass is 315 g/mol. The number of nitrogens with two attached hydrogens (primary N) is 1. The fourth-order valence-corrected chi connectivity index (χ4v) is 2.58. The van der Waals surface area contributed by atoms with Gasteiger partial charge in [-0.2, -0.15) is 13.2 Å². The summed E-state index contributed by atoms with van der Waals surface area (Å²) in [6, 6.07) is 4.60. The molecular formula is C11H13ClF3NO2S. The molecule has 0 radical (unpaired) electrons. The van der Waals surface area contributed by atoms with Crippen molar-refractivity contribution in [3.05, 3.63) is 23.2 Å². The Labute approximate surface area is 116 Å². The highest BCUT2D eigenvalue weighted by Gasteiger charge is 2.27. The molecule has 0 spiro atoms. The maximum absolute atomic E-state index is 11.8. The van der Waals surface area contributed by atoms with Gasteiger partial charge < -0.3 is 10.5 Å². The lowest BCUT2D eigenvalue weighted by molar-refractivity contribution is -0.173. The van der Waals surface area contributed by atoms with Crippen LogP contribution in [0.5, 0.6) is 0 Å². The Morgan fingerprint density at radius 3 is 2.63 bits per heavy atom. The molecule has 0 bridgehead atoms. The van der Waals surface area contributed by atoms with Crippen LogP contribution >= 0.6 is 11.6 Å². The largest absolute Gasteiger partial charge is 0.411 e. The van der Waals surface area contributed by atoms with E-state index in [9.17, 15) is 17.4 Å². The van der Waals surface area contributed by atoms with Gasteiger partial charge in [0.05, 0.1) is 21.5 Å². The summed E-state index contributed by atoms with van der Waals surface area (Å²) in [5.74, 6) is 0.206. The summed E-state index contributed by atoms with van der Waals surface area (Å²) in [7, 11) is -1.33. The Morgan fingerprint density at radius 2 is 2.05 bits per heavy atom. The lowest BCUT2D eigenvalue weighted by Gasteiger charge is -2.07. The Balaban J connectivity index is 2.33. The minimum Gasteiger partial charge on any atom is -0.398 e. The fourth-order valence-electron chi connectivity index (χ4n) is 1.25.